The van der Waals surface area contributed by atoms with Gasteiger partial charge in [-0.1, -0.05) is 43.3 Å². The molecule has 1 rings (SSSR count). The first-order valence-corrected chi connectivity index (χ1v) is 5.40. The zero-order valence-corrected chi connectivity index (χ0v) is 9.68. The van der Waals surface area contributed by atoms with E-state index in [1.165, 1.54) is 6.08 Å². The van der Waals surface area contributed by atoms with E-state index in [0.29, 0.717) is 0 Å². The van der Waals surface area contributed by atoms with E-state index in [1.807, 2.05) is 37.3 Å². The highest BCUT2D eigenvalue weighted by Crippen LogP contribution is 2.00. The molecule has 0 atom stereocenters. The van der Waals surface area contributed by atoms with Gasteiger partial charge in [0.2, 0.25) is 0 Å². The first-order chi connectivity index (χ1) is 8.22. The van der Waals surface area contributed by atoms with Gasteiger partial charge in [-0.3, -0.25) is 10.1 Å². The predicted molar refractivity (Wildman–Crippen MR) is 64.2 cm³/mol. The number of alkyl carbamates (subject to hydrolysis) is 1. The second-order valence-corrected chi connectivity index (χ2v) is 3.36. The van der Waals surface area contributed by atoms with Crippen LogP contribution >= 0.6 is 0 Å². The van der Waals surface area contributed by atoms with E-state index in [4.69, 9.17) is 4.74 Å². The van der Waals surface area contributed by atoms with Crippen molar-refractivity contribution in [2.24, 2.45) is 0 Å². The highest BCUT2D eigenvalue weighted by molar-refractivity contribution is 5.98. The Morgan fingerprint density at radius 3 is 2.65 bits per heavy atom. The first-order valence-electron chi connectivity index (χ1n) is 5.40. The minimum absolute atomic E-state index is 0.150. The molecule has 0 unspecified atom stereocenters. The number of imide groups is 1. The molecule has 0 fully saturated rings. The Hall–Kier alpha value is -2.10. The molecular weight excluding hydrogens is 218 g/mol. The molecular formula is C13H15NO3. The maximum atomic E-state index is 11.2. The Morgan fingerprint density at radius 1 is 1.29 bits per heavy atom. The van der Waals surface area contributed by atoms with Crippen molar-refractivity contribution in [3.05, 3.63) is 48.0 Å². The van der Waals surface area contributed by atoms with Crippen LogP contribution in [0.25, 0.3) is 0 Å². The lowest BCUT2D eigenvalue weighted by Gasteiger charge is -2.04. The third kappa shape index (κ3) is 5.51. The quantitative estimate of drug-likeness (QED) is 0.812. The molecule has 1 N–H and O–H groups in total. The van der Waals surface area contributed by atoms with Gasteiger partial charge in [-0.2, -0.15) is 0 Å². The molecule has 0 radical (unpaired) electrons. The average molecular weight is 233 g/mol. The van der Waals surface area contributed by atoms with E-state index in [0.717, 1.165) is 12.0 Å². The molecule has 0 saturated heterocycles. The van der Waals surface area contributed by atoms with Gasteiger partial charge in [0.1, 0.15) is 6.61 Å². The fraction of sp³-hybridized carbons (Fsp3) is 0.231. The van der Waals surface area contributed by atoms with Gasteiger partial charge in [0.25, 0.3) is 5.91 Å². The lowest BCUT2D eigenvalue weighted by Crippen LogP contribution is -2.29. The molecule has 0 saturated carbocycles. The Bertz CT molecular complexity index is 398. The SMILES string of the molecule is CC/C=C/C(=O)NC(=O)OCc1ccccc1. The molecule has 0 aliphatic heterocycles. The van der Waals surface area contributed by atoms with Crippen LogP contribution in [0.5, 0.6) is 0 Å². The summed E-state index contributed by atoms with van der Waals surface area (Å²) in [4.78, 5) is 22.3. The van der Waals surface area contributed by atoms with Crippen LogP contribution in [0.1, 0.15) is 18.9 Å². The molecule has 0 aliphatic rings. The predicted octanol–water partition coefficient (Wildman–Crippen LogP) is 2.41. The van der Waals surface area contributed by atoms with E-state index in [-0.39, 0.29) is 6.61 Å². The van der Waals surface area contributed by atoms with Gasteiger partial charge in [0.05, 0.1) is 0 Å². The van der Waals surface area contributed by atoms with Crippen molar-refractivity contribution >= 4 is 12.0 Å². The van der Waals surface area contributed by atoms with Crippen LogP contribution in [-0.2, 0) is 16.1 Å². The summed E-state index contributed by atoms with van der Waals surface area (Å²) in [6, 6.07) is 9.26. The summed E-state index contributed by atoms with van der Waals surface area (Å²) < 4.78 is 4.87. The summed E-state index contributed by atoms with van der Waals surface area (Å²) in [5.74, 6) is -0.468. The lowest BCUT2D eigenvalue weighted by molar-refractivity contribution is -0.115. The van der Waals surface area contributed by atoms with Crippen molar-refractivity contribution in [3.63, 3.8) is 0 Å². The van der Waals surface area contributed by atoms with Crippen LogP contribution in [0.3, 0.4) is 0 Å². The molecule has 2 amide bonds. The smallest absolute Gasteiger partial charge is 0.414 e. The van der Waals surface area contributed by atoms with Gasteiger partial charge >= 0.3 is 6.09 Å². The molecule has 0 bridgehead atoms. The molecule has 0 aromatic heterocycles. The summed E-state index contributed by atoms with van der Waals surface area (Å²) >= 11 is 0. The van der Waals surface area contributed by atoms with Gasteiger partial charge in [0.15, 0.2) is 0 Å². The number of amides is 2. The minimum Gasteiger partial charge on any atom is -0.444 e. The number of hydrogen-bond donors (Lipinski definition) is 1. The maximum absolute atomic E-state index is 11.2. The van der Waals surface area contributed by atoms with Crippen molar-refractivity contribution in [3.8, 4) is 0 Å². The number of hydrogen-bond acceptors (Lipinski definition) is 3. The van der Waals surface area contributed by atoms with Crippen molar-refractivity contribution in [2.45, 2.75) is 20.0 Å². The average Bonchev–Trinajstić information content (AvgIpc) is 2.35. The van der Waals surface area contributed by atoms with Crippen molar-refractivity contribution in [2.75, 3.05) is 0 Å². The normalized spacial score (nSPS) is 10.2. The lowest BCUT2D eigenvalue weighted by atomic mass is 10.2. The number of allylic oxidation sites excluding steroid dienone is 1. The Kier molecular flexibility index (Phi) is 5.51. The molecule has 1 aromatic rings. The monoisotopic (exact) mass is 233 g/mol. The van der Waals surface area contributed by atoms with Crippen LogP contribution < -0.4 is 5.32 Å². The molecule has 1 aromatic carbocycles. The topological polar surface area (TPSA) is 55.4 Å². The van der Waals surface area contributed by atoms with Crippen molar-refractivity contribution in [1.82, 2.24) is 5.32 Å². The third-order valence-electron chi connectivity index (χ3n) is 1.94. The van der Waals surface area contributed by atoms with E-state index in [2.05, 4.69) is 5.32 Å². The van der Waals surface area contributed by atoms with Crippen LogP contribution in [0.2, 0.25) is 0 Å². The first kappa shape index (κ1) is 13.0. The van der Waals surface area contributed by atoms with E-state index < -0.39 is 12.0 Å². The Balaban J connectivity index is 2.31. The third-order valence-corrected chi connectivity index (χ3v) is 1.94. The van der Waals surface area contributed by atoms with E-state index in [9.17, 15) is 9.59 Å². The number of nitrogens with one attached hydrogen (secondary N) is 1. The summed E-state index contributed by atoms with van der Waals surface area (Å²) in [6.45, 7) is 2.05. The summed E-state index contributed by atoms with van der Waals surface area (Å²) in [5.41, 5.74) is 0.874. The van der Waals surface area contributed by atoms with Gasteiger partial charge in [0, 0.05) is 0 Å². The van der Waals surface area contributed by atoms with Gasteiger partial charge in [-0.05, 0) is 18.1 Å². The zero-order chi connectivity index (χ0) is 12.5. The highest BCUT2D eigenvalue weighted by atomic mass is 16.5. The summed E-state index contributed by atoms with van der Waals surface area (Å²) in [5, 5.41) is 2.10. The standard InChI is InChI=1S/C13H15NO3/c1-2-3-9-12(15)14-13(16)17-10-11-7-5-4-6-8-11/h3-9H,2,10H2,1H3,(H,14,15,16)/b9-3+. The van der Waals surface area contributed by atoms with E-state index >= 15 is 0 Å². The summed E-state index contributed by atoms with van der Waals surface area (Å²) in [7, 11) is 0. The Morgan fingerprint density at radius 2 is 2.00 bits per heavy atom. The second kappa shape index (κ2) is 7.22. The Labute approximate surface area is 100 Å². The number of rotatable bonds is 4. The van der Waals surface area contributed by atoms with Gasteiger partial charge in [-0.15, -0.1) is 0 Å². The molecule has 0 aliphatic carbocycles. The van der Waals surface area contributed by atoms with Crippen LogP contribution in [0.15, 0.2) is 42.5 Å². The van der Waals surface area contributed by atoms with Crippen molar-refractivity contribution < 1.29 is 14.3 Å². The molecule has 17 heavy (non-hydrogen) atoms. The van der Waals surface area contributed by atoms with E-state index in [1.54, 1.807) is 6.08 Å². The molecule has 4 heteroatoms. The molecule has 4 nitrogen and oxygen atoms in total. The van der Waals surface area contributed by atoms with Gasteiger partial charge < -0.3 is 4.74 Å². The minimum atomic E-state index is -0.736. The van der Waals surface area contributed by atoms with Crippen LogP contribution in [-0.4, -0.2) is 12.0 Å². The largest absolute Gasteiger partial charge is 0.444 e. The second-order valence-electron chi connectivity index (χ2n) is 3.36. The van der Waals surface area contributed by atoms with Crippen LogP contribution in [0, 0.1) is 0 Å². The van der Waals surface area contributed by atoms with Crippen LogP contribution in [0.4, 0.5) is 4.79 Å². The molecule has 90 valence electrons. The van der Waals surface area contributed by atoms with Gasteiger partial charge in [-0.25, -0.2) is 4.79 Å². The van der Waals surface area contributed by atoms with Crippen molar-refractivity contribution in [1.29, 1.82) is 0 Å². The number of benzene rings is 1. The number of carbonyl (C=O) groups is 2. The number of carbonyl (C=O) groups excluding carboxylic acids is 2. The highest BCUT2D eigenvalue weighted by Gasteiger charge is 2.05. The zero-order valence-electron chi connectivity index (χ0n) is 9.68. The fourth-order valence-electron chi connectivity index (χ4n) is 1.13. The number of ether oxygens (including phenoxy) is 1. The molecule has 0 spiro atoms. The maximum Gasteiger partial charge on any atom is 0.414 e. The molecule has 0 heterocycles. The fourth-order valence-corrected chi connectivity index (χ4v) is 1.13. The summed E-state index contributed by atoms with van der Waals surface area (Å²) in [6.07, 6.45) is 2.98.